The molecule has 28 heavy (non-hydrogen) atoms. The Morgan fingerprint density at radius 1 is 1.07 bits per heavy atom. The standard InChI is InChI=1S/C21H23N3O3S/c1-24(12-10-16-8-9-18-19(14-16)27-15-26-18)11-5-13-25-21-22-20(28-23-21)17-6-3-2-4-7-17/h2-4,6-9,14H,5,10-13,15H2,1H3. The number of nitrogens with zero attached hydrogens (tertiary/aromatic N) is 3. The van der Waals surface area contributed by atoms with Gasteiger partial charge in [-0.15, -0.1) is 4.37 Å². The predicted octanol–water partition coefficient (Wildman–Crippen LogP) is 3.88. The van der Waals surface area contributed by atoms with Crippen LogP contribution in [0.3, 0.4) is 0 Å². The van der Waals surface area contributed by atoms with Crippen LogP contribution in [0, 0.1) is 0 Å². The van der Waals surface area contributed by atoms with E-state index in [2.05, 4.69) is 33.4 Å². The van der Waals surface area contributed by atoms with Crippen LogP contribution < -0.4 is 14.2 Å². The summed E-state index contributed by atoms with van der Waals surface area (Å²) in [5.74, 6) is 1.68. The van der Waals surface area contributed by atoms with Crippen LogP contribution in [-0.2, 0) is 6.42 Å². The van der Waals surface area contributed by atoms with Gasteiger partial charge in [0.1, 0.15) is 5.01 Å². The van der Waals surface area contributed by atoms with Gasteiger partial charge in [-0.05, 0) is 49.1 Å². The van der Waals surface area contributed by atoms with Crippen molar-refractivity contribution in [3.05, 3.63) is 54.1 Å². The first-order chi connectivity index (χ1) is 13.8. The average molecular weight is 398 g/mol. The maximum atomic E-state index is 5.70. The lowest BCUT2D eigenvalue weighted by Crippen LogP contribution is -2.23. The Hall–Kier alpha value is -2.64. The van der Waals surface area contributed by atoms with Crippen LogP contribution in [0.4, 0.5) is 0 Å². The van der Waals surface area contributed by atoms with Gasteiger partial charge in [0.15, 0.2) is 11.5 Å². The Bertz CT molecular complexity index is 901. The number of rotatable bonds is 9. The van der Waals surface area contributed by atoms with Gasteiger partial charge in [0, 0.05) is 18.7 Å². The highest BCUT2D eigenvalue weighted by Gasteiger charge is 2.13. The van der Waals surface area contributed by atoms with E-state index >= 15 is 0 Å². The second-order valence-electron chi connectivity index (χ2n) is 6.69. The number of ether oxygens (including phenoxy) is 3. The fraction of sp³-hybridized carbons (Fsp3) is 0.333. The van der Waals surface area contributed by atoms with Gasteiger partial charge in [-0.3, -0.25) is 0 Å². The van der Waals surface area contributed by atoms with E-state index in [-0.39, 0.29) is 0 Å². The molecule has 0 N–H and O–H groups in total. The first kappa shape index (κ1) is 18.7. The second kappa shape index (κ2) is 9.03. The summed E-state index contributed by atoms with van der Waals surface area (Å²) in [6, 6.07) is 16.7. The van der Waals surface area contributed by atoms with E-state index in [0.29, 0.717) is 19.4 Å². The van der Waals surface area contributed by atoms with Crippen LogP contribution in [0.25, 0.3) is 10.6 Å². The summed E-state index contributed by atoms with van der Waals surface area (Å²) >= 11 is 1.37. The molecule has 6 nitrogen and oxygen atoms in total. The van der Waals surface area contributed by atoms with E-state index < -0.39 is 0 Å². The van der Waals surface area contributed by atoms with Gasteiger partial charge in [-0.2, -0.15) is 4.98 Å². The Balaban J connectivity index is 1.16. The van der Waals surface area contributed by atoms with Crippen LogP contribution in [-0.4, -0.2) is 47.8 Å². The fourth-order valence-corrected chi connectivity index (χ4v) is 3.61. The number of hydrogen-bond donors (Lipinski definition) is 0. The van der Waals surface area contributed by atoms with Crippen molar-refractivity contribution in [3.63, 3.8) is 0 Å². The maximum Gasteiger partial charge on any atom is 0.328 e. The molecule has 1 aliphatic rings. The monoisotopic (exact) mass is 397 g/mol. The minimum absolute atomic E-state index is 0.319. The quantitative estimate of drug-likeness (QED) is 0.511. The number of likely N-dealkylation sites (N-methyl/N-ethyl adjacent to an activating group) is 1. The van der Waals surface area contributed by atoms with Crippen LogP contribution in [0.1, 0.15) is 12.0 Å². The molecule has 0 saturated heterocycles. The van der Waals surface area contributed by atoms with Crippen molar-refractivity contribution >= 4 is 11.5 Å². The van der Waals surface area contributed by atoms with Gasteiger partial charge in [0.25, 0.3) is 0 Å². The van der Waals surface area contributed by atoms with Crippen molar-refractivity contribution in [2.75, 3.05) is 33.5 Å². The topological polar surface area (TPSA) is 56.7 Å². The van der Waals surface area contributed by atoms with E-state index in [9.17, 15) is 0 Å². The molecule has 0 amide bonds. The van der Waals surface area contributed by atoms with Crippen molar-refractivity contribution in [1.29, 1.82) is 0 Å². The largest absolute Gasteiger partial charge is 0.463 e. The molecule has 2 heterocycles. The fourth-order valence-electron chi connectivity index (χ4n) is 2.99. The first-order valence-corrected chi connectivity index (χ1v) is 10.1. The number of benzene rings is 2. The van der Waals surface area contributed by atoms with E-state index in [1.54, 1.807) is 0 Å². The van der Waals surface area contributed by atoms with Gasteiger partial charge in [-0.25, -0.2) is 0 Å². The Labute approximate surface area is 168 Å². The zero-order chi connectivity index (χ0) is 19.2. The summed E-state index contributed by atoms with van der Waals surface area (Å²) < 4.78 is 20.8. The molecule has 146 valence electrons. The lowest BCUT2D eigenvalue weighted by molar-refractivity contribution is 0.174. The minimum atomic E-state index is 0.319. The molecular formula is C21H23N3O3S. The third kappa shape index (κ3) is 4.79. The summed E-state index contributed by atoms with van der Waals surface area (Å²) in [5.41, 5.74) is 2.32. The van der Waals surface area contributed by atoms with Crippen molar-refractivity contribution in [2.45, 2.75) is 12.8 Å². The van der Waals surface area contributed by atoms with Crippen LogP contribution >= 0.6 is 11.5 Å². The summed E-state index contributed by atoms with van der Waals surface area (Å²) in [6.07, 6.45) is 1.90. The van der Waals surface area contributed by atoms with Crippen LogP contribution in [0.15, 0.2) is 48.5 Å². The first-order valence-electron chi connectivity index (χ1n) is 9.37. The molecular weight excluding hydrogens is 374 g/mol. The number of hydrogen-bond acceptors (Lipinski definition) is 7. The van der Waals surface area contributed by atoms with E-state index in [4.69, 9.17) is 14.2 Å². The Kier molecular flexibility index (Phi) is 6.04. The SMILES string of the molecule is CN(CCCOc1nsc(-c2ccccc2)n1)CCc1ccc2c(c1)OCO2. The summed E-state index contributed by atoms with van der Waals surface area (Å²) in [5, 5.41) is 0.886. The summed E-state index contributed by atoms with van der Waals surface area (Å²) in [7, 11) is 2.13. The zero-order valence-electron chi connectivity index (χ0n) is 15.8. The Morgan fingerprint density at radius 3 is 2.82 bits per heavy atom. The molecule has 0 atom stereocenters. The molecule has 2 aromatic carbocycles. The molecule has 1 aliphatic heterocycles. The van der Waals surface area contributed by atoms with Crippen LogP contribution in [0.2, 0.25) is 0 Å². The highest BCUT2D eigenvalue weighted by Crippen LogP contribution is 2.32. The molecule has 0 unspecified atom stereocenters. The van der Waals surface area contributed by atoms with Crippen LogP contribution in [0.5, 0.6) is 17.5 Å². The third-order valence-corrected chi connectivity index (χ3v) is 5.31. The molecule has 1 aromatic heterocycles. The molecule has 0 saturated carbocycles. The lowest BCUT2D eigenvalue weighted by Gasteiger charge is -2.16. The van der Waals surface area contributed by atoms with Gasteiger partial charge < -0.3 is 19.1 Å². The van der Waals surface area contributed by atoms with Crippen molar-refractivity contribution in [2.24, 2.45) is 0 Å². The van der Waals surface area contributed by atoms with Gasteiger partial charge in [0.2, 0.25) is 6.79 Å². The van der Waals surface area contributed by atoms with E-state index in [0.717, 1.165) is 48.0 Å². The molecule has 0 aliphatic carbocycles. The number of fused-ring (bicyclic) bond motifs is 1. The third-order valence-electron chi connectivity index (χ3n) is 4.56. The second-order valence-corrected chi connectivity index (χ2v) is 7.44. The average Bonchev–Trinajstić information content (AvgIpc) is 3.39. The normalized spacial score (nSPS) is 12.5. The van der Waals surface area contributed by atoms with Crippen molar-refractivity contribution in [3.8, 4) is 28.1 Å². The van der Waals surface area contributed by atoms with Gasteiger partial charge in [0.05, 0.1) is 6.61 Å². The smallest absolute Gasteiger partial charge is 0.328 e. The molecule has 7 heteroatoms. The van der Waals surface area contributed by atoms with Gasteiger partial charge >= 0.3 is 6.01 Å². The highest BCUT2D eigenvalue weighted by molar-refractivity contribution is 7.09. The van der Waals surface area contributed by atoms with E-state index in [1.807, 2.05) is 36.4 Å². The Morgan fingerprint density at radius 2 is 1.93 bits per heavy atom. The van der Waals surface area contributed by atoms with Crippen molar-refractivity contribution < 1.29 is 14.2 Å². The zero-order valence-corrected chi connectivity index (χ0v) is 16.7. The van der Waals surface area contributed by atoms with E-state index in [1.165, 1.54) is 17.1 Å². The number of aromatic nitrogens is 2. The summed E-state index contributed by atoms with van der Waals surface area (Å²) in [6.45, 7) is 2.87. The molecule has 0 fully saturated rings. The van der Waals surface area contributed by atoms with Gasteiger partial charge in [-0.1, -0.05) is 36.4 Å². The molecule has 4 rings (SSSR count). The minimum Gasteiger partial charge on any atom is -0.463 e. The summed E-state index contributed by atoms with van der Waals surface area (Å²) in [4.78, 5) is 6.75. The molecule has 3 aromatic rings. The highest BCUT2D eigenvalue weighted by atomic mass is 32.1. The predicted molar refractivity (Wildman–Crippen MR) is 109 cm³/mol. The lowest BCUT2D eigenvalue weighted by atomic mass is 10.1. The van der Waals surface area contributed by atoms with Crippen molar-refractivity contribution in [1.82, 2.24) is 14.3 Å². The molecule has 0 radical (unpaired) electrons. The molecule has 0 bridgehead atoms. The maximum absolute atomic E-state index is 5.70. The molecule has 0 spiro atoms.